The molecule has 0 saturated carbocycles. The summed E-state index contributed by atoms with van der Waals surface area (Å²) in [7, 11) is 0. The zero-order chi connectivity index (χ0) is 31.3. The third-order valence-electron chi connectivity index (χ3n) is 11.1. The monoisotopic (exact) mass is 599 g/mol. The van der Waals surface area contributed by atoms with Gasteiger partial charge in [0, 0.05) is 16.8 Å². The molecule has 0 aromatic heterocycles. The number of hydrogen-bond donors (Lipinski definition) is 1. The number of hydrogen-bond acceptors (Lipinski definition) is 1. The van der Waals surface area contributed by atoms with E-state index in [-0.39, 0.29) is 10.8 Å². The van der Waals surface area contributed by atoms with E-state index in [9.17, 15) is 0 Å². The SMILES string of the molecule is CC1(C)c2ccccc2-c2cccc(-c3ccc(Nc4ccc5c(c4)C4(c6ccccc6-c6ccccc64)c4ccccc4-5)cc3)c21. The highest BCUT2D eigenvalue weighted by molar-refractivity contribution is 5.96. The molecule has 47 heavy (non-hydrogen) atoms. The lowest BCUT2D eigenvalue weighted by Crippen LogP contribution is -2.25. The first-order chi connectivity index (χ1) is 23.1. The molecule has 0 fully saturated rings. The minimum Gasteiger partial charge on any atom is -0.356 e. The van der Waals surface area contributed by atoms with Crippen LogP contribution < -0.4 is 5.32 Å². The van der Waals surface area contributed by atoms with Gasteiger partial charge in [-0.15, -0.1) is 0 Å². The predicted molar refractivity (Wildman–Crippen MR) is 195 cm³/mol. The fourth-order valence-electron chi connectivity index (χ4n) is 9.16. The first kappa shape index (κ1) is 26.5. The van der Waals surface area contributed by atoms with Gasteiger partial charge in [-0.05, 0) is 102 Å². The van der Waals surface area contributed by atoms with Crippen LogP contribution in [0, 0.1) is 0 Å². The van der Waals surface area contributed by atoms with Crippen molar-refractivity contribution in [1.82, 2.24) is 0 Å². The number of nitrogens with one attached hydrogen (secondary N) is 1. The van der Waals surface area contributed by atoms with Crippen LogP contribution in [0.2, 0.25) is 0 Å². The van der Waals surface area contributed by atoms with Crippen molar-refractivity contribution in [2.45, 2.75) is 24.7 Å². The van der Waals surface area contributed by atoms with E-state index in [1.165, 1.54) is 77.9 Å². The second kappa shape index (κ2) is 9.44. The van der Waals surface area contributed by atoms with Crippen LogP contribution in [0.1, 0.15) is 47.2 Å². The molecular weight excluding hydrogens is 567 g/mol. The Hall–Kier alpha value is -5.66. The Balaban J connectivity index is 1.06. The first-order valence-corrected chi connectivity index (χ1v) is 16.6. The summed E-state index contributed by atoms with van der Waals surface area (Å²) in [5, 5.41) is 3.78. The van der Waals surface area contributed by atoms with Gasteiger partial charge >= 0.3 is 0 Å². The highest BCUT2D eigenvalue weighted by atomic mass is 14.9. The molecule has 222 valence electrons. The summed E-state index contributed by atoms with van der Waals surface area (Å²) in [6.07, 6.45) is 0. The molecule has 0 aliphatic heterocycles. The van der Waals surface area contributed by atoms with E-state index in [0.717, 1.165) is 11.4 Å². The first-order valence-electron chi connectivity index (χ1n) is 16.6. The van der Waals surface area contributed by atoms with Crippen LogP contribution in [0.15, 0.2) is 158 Å². The molecule has 3 aliphatic rings. The number of benzene rings is 7. The van der Waals surface area contributed by atoms with Crippen LogP contribution >= 0.6 is 0 Å². The Labute approximate surface area is 276 Å². The molecule has 0 radical (unpaired) electrons. The number of anilines is 2. The summed E-state index contributed by atoms with van der Waals surface area (Å²) in [6, 6.07) is 58.5. The van der Waals surface area contributed by atoms with Crippen molar-refractivity contribution < 1.29 is 0 Å². The molecule has 7 aromatic carbocycles. The molecule has 0 amide bonds. The Morgan fingerprint density at radius 3 is 1.40 bits per heavy atom. The van der Waals surface area contributed by atoms with Crippen molar-refractivity contribution in [3.05, 3.63) is 191 Å². The fraction of sp³-hybridized carbons (Fsp3) is 0.0870. The van der Waals surface area contributed by atoms with E-state index in [1.807, 2.05) is 0 Å². The summed E-state index contributed by atoms with van der Waals surface area (Å²) >= 11 is 0. The van der Waals surface area contributed by atoms with Crippen LogP contribution in [0.5, 0.6) is 0 Å². The normalized spacial score (nSPS) is 14.9. The molecule has 1 N–H and O–H groups in total. The molecule has 1 spiro atoms. The molecule has 3 aliphatic carbocycles. The number of rotatable bonds is 3. The van der Waals surface area contributed by atoms with Gasteiger partial charge in [0.25, 0.3) is 0 Å². The largest absolute Gasteiger partial charge is 0.356 e. The van der Waals surface area contributed by atoms with E-state index >= 15 is 0 Å². The Morgan fingerprint density at radius 1 is 0.362 bits per heavy atom. The average Bonchev–Trinajstić information content (AvgIpc) is 3.68. The average molecular weight is 600 g/mol. The van der Waals surface area contributed by atoms with Crippen molar-refractivity contribution in [2.24, 2.45) is 0 Å². The lowest BCUT2D eigenvalue weighted by Gasteiger charge is -2.30. The van der Waals surface area contributed by atoms with Crippen molar-refractivity contribution in [3.63, 3.8) is 0 Å². The van der Waals surface area contributed by atoms with E-state index in [1.54, 1.807) is 0 Å². The van der Waals surface area contributed by atoms with Crippen LogP contribution in [-0.2, 0) is 10.8 Å². The van der Waals surface area contributed by atoms with E-state index < -0.39 is 0 Å². The van der Waals surface area contributed by atoms with Gasteiger partial charge < -0.3 is 5.32 Å². The summed E-state index contributed by atoms with van der Waals surface area (Å²) in [5.41, 5.74) is 20.7. The molecule has 10 rings (SSSR count). The van der Waals surface area contributed by atoms with Gasteiger partial charge in [-0.2, -0.15) is 0 Å². The van der Waals surface area contributed by atoms with Crippen LogP contribution in [-0.4, -0.2) is 0 Å². The maximum atomic E-state index is 3.78. The van der Waals surface area contributed by atoms with Crippen molar-refractivity contribution in [1.29, 1.82) is 0 Å². The van der Waals surface area contributed by atoms with Gasteiger partial charge in [0.2, 0.25) is 0 Å². The molecule has 1 heteroatoms. The minimum atomic E-state index is -0.335. The maximum Gasteiger partial charge on any atom is 0.0726 e. The molecule has 1 nitrogen and oxygen atoms in total. The molecule has 0 saturated heterocycles. The van der Waals surface area contributed by atoms with Gasteiger partial charge in [-0.1, -0.05) is 147 Å². The van der Waals surface area contributed by atoms with Crippen molar-refractivity contribution in [2.75, 3.05) is 5.32 Å². The van der Waals surface area contributed by atoms with Gasteiger partial charge in [-0.3, -0.25) is 0 Å². The standard InChI is InChI=1S/C46H33N/c1-45(2)39-18-7-3-15-36(39)38-17-11-16-32(44(38)45)29-22-24-30(25-23-29)47-31-26-27-37-35-14-6-10-21-42(35)46(43(37)28-31)40-19-8-4-12-33(40)34-13-5-9-20-41(34)46/h3-28,47H,1-2H3. The van der Waals surface area contributed by atoms with Crippen LogP contribution in [0.3, 0.4) is 0 Å². The van der Waals surface area contributed by atoms with Gasteiger partial charge in [0.1, 0.15) is 0 Å². The molecule has 0 bridgehead atoms. The molecule has 0 heterocycles. The van der Waals surface area contributed by atoms with Gasteiger partial charge in [0.05, 0.1) is 5.41 Å². The quantitative estimate of drug-likeness (QED) is 0.213. The zero-order valence-electron chi connectivity index (χ0n) is 26.5. The van der Waals surface area contributed by atoms with Crippen LogP contribution in [0.25, 0.3) is 44.5 Å². The number of fused-ring (bicyclic) bond motifs is 13. The summed E-state index contributed by atoms with van der Waals surface area (Å²) in [4.78, 5) is 0. The van der Waals surface area contributed by atoms with E-state index in [0.29, 0.717) is 0 Å². The molecule has 0 unspecified atom stereocenters. The van der Waals surface area contributed by atoms with Gasteiger partial charge in [-0.25, -0.2) is 0 Å². The third kappa shape index (κ3) is 3.44. The second-order valence-electron chi connectivity index (χ2n) is 13.7. The highest BCUT2D eigenvalue weighted by Crippen LogP contribution is 2.63. The second-order valence-corrected chi connectivity index (χ2v) is 13.7. The van der Waals surface area contributed by atoms with Crippen molar-refractivity contribution in [3.8, 4) is 44.5 Å². The summed E-state index contributed by atoms with van der Waals surface area (Å²) in [5.74, 6) is 0. The zero-order valence-corrected chi connectivity index (χ0v) is 26.5. The molecule has 7 aromatic rings. The van der Waals surface area contributed by atoms with Crippen molar-refractivity contribution >= 4 is 11.4 Å². The Kier molecular flexibility index (Phi) is 5.33. The minimum absolute atomic E-state index is 0.0468. The highest BCUT2D eigenvalue weighted by Gasteiger charge is 2.51. The van der Waals surface area contributed by atoms with Crippen LogP contribution in [0.4, 0.5) is 11.4 Å². The lowest BCUT2D eigenvalue weighted by molar-refractivity contribution is 0.662. The summed E-state index contributed by atoms with van der Waals surface area (Å²) < 4.78 is 0. The third-order valence-corrected chi connectivity index (χ3v) is 11.1. The topological polar surface area (TPSA) is 12.0 Å². The van der Waals surface area contributed by atoms with Gasteiger partial charge in [0.15, 0.2) is 0 Å². The van der Waals surface area contributed by atoms with E-state index in [2.05, 4.69) is 177 Å². The lowest BCUT2D eigenvalue weighted by atomic mass is 9.70. The predicted octanol–water partition coefficient (Wildman–Crippen LogP) is 11.7. The summed E-state index contributed by atoms with van der Waals surface area (Å²) in [6.45, 7) is 4.72. The Morgan fingerprint density at radius 2 is 0.809 bits per heavy atom. The molecular formula is C46H33N. The maximum absolute atomic E-state index is 3.78. The molecule has 0 atom stereocenters. The Bertz CT molecular complexity index is 2350. The fourth-order valence-corrected chi connectivity index (χ4v) is 9.16. The van der Waals surface area contributed by atoms with E-state index in [4.69, 9.17) is 0 Å². The smallest absolute Gasteiger partial charge is 0.0726 e.